The first-order valence-electron chi connectivity index (χ1n) is 9.50. The number of carbonyl (C=O) groups is 4. The standard InChI is InChI=1S/C19H24ClFN6O4/c1-10(2)7-12(18(30)26-27(6-4-15(22)28)19(31)16(20)21)25-17(29)13-8-11-3-5-23-9-14(11)24-13/h3,5,8-10,12,16,24H,4,6-7H2,1-2H3,(H2,22,28)(H,25,29)(H,26,30)/t12-,16+/m0/s1. The molecular weight excluding hydrogens is 431 g/mol. The van der Waals surface area contributed by atoms with Crippen molar-refractivity contribution < 1.29 is 23.6 Å². The van der Waals surface area contributed by atoms with Gasteiger partial charge >= 0.3 is 0 Å². The van der Waals surface area contributed by atoms with Gasteiger partial charge in [-0.3, -0.25) is 29.6 Å². The number of rotatable bonds is 9. The Hall–Kier alpha value is -3.21. The van der Waals surface area contributed by atoms with Gasteiger partial charge in [0, 0.05) is 18.0 Å². The Balaban J connectivity index is 2.16. The number of halogens is 2. The number of nitrogens with one attached hydrogen (secondary N) is 3. The van der Waals surface area contributed by atoms with E-state index in [1.165, 1.54) is 0 Å². The van der Waals surface area contributed by atoms with Crippen LogP contribution in [0.25, 0.3) is 10.9 Å². The van der Waals surface area contributed by atoms with Gasteiger partial charge in [0.15, 0.2) is 0 Å². The molecule has 12 heteroatoms. The first-order chi connectivity index (χ1) is 14.6. The van der Waals surface area contributed by atoms with E-state index in [-0.39, 0.29) is 31.0 Å². The van der Waals surface area contributed by atoms with Gasteiger partial charge in [-0.15, -0.1) is 0 Å². The smallest absolute Gasteiger partial charge is 0.291 e. The van der Waals surface area contributed by atoms with Gasteiger partial charge in [-0.25, -0.2) is 9.40 Å². The molecule has 31 heavy (non-hydrogen) atoms. The van der Waals surface area contributed by atoms with Crippen LogP contribution in [0, 0.1) is 5.92 Å². The summed E-state index contributed by atoms with van der Waals surface area (Å²) in [6.45, 7) is 3.31. The second-order valence-electron chi connectivity index (χ2n) is 7.28. The number of hydrogen-bond acceptors (Lipinski definition) is 5. The van der Waals surface area contributed by atoms with Gasteiger partial charge in [-0.05, 0) is 24.5 Å². The Morgan fingerprint density at radius 3 is 2.61 bits per heavy atom. The number of amides is 4. The number of alkyl halides is 2. The second kappa shape index (κ2) is 10.7. The number of primary amides is 1. The van der Waals surface area contributed by atoms with E-state index >= 15 is 0 Å². The summed E-state index contributed by atoms with van der Waals surface area (Å²) in [5.41, 5.74) is 5.72. The number of aromatic nitrogens is 2. The summed E-state index contributed by atoms with van der Waals surface area (Å²) in [7, 11) is 0. The number of nitrogens with two attached hydrogens (primary N) is 1. The summed E-state index contributed by atoms with van der Waals surface area (Å²) >= 11 is 5.18. The second-order valence-corrected chi connectivity index (χ2v) is 7.67. The van der Waals surface area contributed by atoms with Crippen LogP contribution in [-0.4, -0.2) is 56.8 Å². The van der Waals surface area contributed by atoms with Crippen LogP contribution in [0.1, 0.15) is 37.2 Å². The number of carbonyl (C=O) groups excluding carboxylic acids is 4. The zero-order chi connectivity index (χ0) is 23.1. The van der Waals surface area contributed by atoms with Crippen molar-refractivity contribution in [2.45, 2.75) is 38.4 Å². The van der Waals surface area contributed by atoms with Crippen LogP contribution in [0.2, 0.25) is 0 Å². The zero-order valence-corrected chi connectivity index (χ0v) is 17.8. The number of nitrogens with zero attached hydrogens (tertiary/aromatic N) is 2. The van der Waals surface area contributed by atoms with Gasteiger partial charge in [0.25, 0.3) is 23.4 Å². The number of aromatic amines is 1. The van der Waals surface area contributed by atoms with Gasteiger partial charge < -0.3 is 16.0 Å². The van der Waals surface area contributed by atoms with Crippen molar-refractivity contribution in [3.05, 3.63) is 30.2 Å². The van der Waals surface area contributed by atoms with Gasteiger partial charge in [0.1, 0.15) is 11.7 Å². The molecule has 0 unspecified atom stereocenters. The van der Waals surface area contributed by atoms with Crippen LogP contribution in [0.5, 0.6) is 0 Å². The molecule has 0 aromatic carbocycles. The Morgan fingerprint density at radius 1 is 1.32 bits per heavy atom. The van der Waals surface area contributed by atoms with Crippen molar-refractivity contribution in [1.82, 2.24) is 25.7 Å². The van der Waals surface area contributed by atoms with E-state index in [0.29, 0.717) is 10.5 Å². The van der Waals surface area contributed by atoms with Crippen molar-refractivity contribution in [2.75, 3.05) is 6.54 Å². The molecule has 0 aliphatic rings. The molecular formula is C19H24ClFN6O4. The molecule has 0 saturated heterocycles. The van der Waals surface area contributed by atoms with Crippen LogP contribution in [0.15, 0.2) is 24.5 Å². The molecule has 2 aromatic rings. The SMILES string of the molecule is CC(C)C[C@H](NC(=O)c1cc2ccncc2[nH]1)C(=O)NN(CCC(N)=O)C(=O)[C@@H](F)Cl. The molecule has 0 radical (unpaired) electrons. The number of fused-ring (bicyclic) bond motifs is 1. The summed E-state index contributed by atoms with van der Waals surface area (Å²) in [6.07, 6.45) is 3.06. The Kier molecular flexibility index (Phi) is 8.31. The number of H-pyrrole nitrogens is 1. The summed E-state index contributed by atoms with van der Waals surface area (Å²) < 4.78 is 13.3. The Bertz CT molecular complexity index is 931. The molecule has 2 aromatic heterocycles. The van der Waals surface area contributed by atoms with Crippen LogP contribution in [0.3, 0.4) is 0 Å². The Labute approximate surface area is 182 Å². The number of pyridine rings is 1. The Morgan fingerprint density at radius 2 is 2.03 bits per heavy atom. The van der Waals surface area contributed by atoms with Crippen molar-refractivity contribution >= 4 is 46.1 Å². The maximum Gasteiger partial charge on any atom is 0.291 e. The fourth-order valence-electron chi connectivity index (χ4n) is 2.81. The number of hydrazine groups is 1. The molecule has 4 amide bonds. The van der Waals surface area contributed by atoms with Crippen molar-refractivity contribution in [1.29, 1.82) is 0 Å². The lowest BCUT2D eigenvalue weighted by Gasteiger charge is -2.27. The molecule has 10 nitrogen and oxygen atoms in total. The van der Waals surface area contributed by atoms with E-state index < -0.39 is 35.3 Å². The molecule has 5 N–H and O–H groups in total. The van der Waals surface area contributed by atoms with E-state index in [2.05, 4.69) is 20.7 Å². The normalized spacial score (nSPS) is 12.9. The average Bonchev–Trinajstić information content (AvgIpc) is 3.13. The topological polar surface area (TPSA) is 150 Å². The molecule has 2 atom stereocenters. The summed E-state index contributed by atoms with van der Waals surface area (Å²) in [6, 6.07) is 2.29. The van der Waals surface area contributed by atoms with Crippen LogP contribution >= 0.6 is 11.6 Å². The highest BCUT2D eigenvalue weighted by atomic mass is 35.5. The highest BCUT2D eigenvalue weighted by Gasteiger charge is 2.29. The van der Waals surface area contributed by atoms with Crippen molar-refractivity contribution in [3.8, 4) is 0 Å². The molecule has 2 rings (SSSR count). The van der Waals surface area contributed by atoms with Crippen LogP contribution < -0.4 is 16.5 Å². The summed E-state index contributed by atoms with van der Waals surface area (Å²) in [5.74, 6) is -3.33. The minimum atomic E-state index is -2.42. The van der Waals surface area contributed by atoms with E-state index in [1.807, 2.05) is 13.8 Å². The number of hydrogen-bond donors (Lipinski definition) is 4. The molecule has 0 spiro atoms. The molecule has 0 aliphatic heterocycles. The maximum atomic E-state index is 13.3. The molecule has 0 bridgehead atoms. The highest BCUT2D eigenvalue weighted by Crippen LogP contribution is 2.14. The average molecular weight is 455 g/mol. The first kappa shape index (κ1) is 24.1. The lowest BCUT2D eigenvalue weighted by atomic mass is 10.0. The van der Waals surface area contributed by atoms with E-state index in [9.17, 15) is 23.6 Å². The van der Waals surface area contributed by atoms with Gasteiger partial charge in [0.2, 0.25) is 5.91 Å². The fraction of sp³-hybridized carbons (Fsp3) is 0.421. The van der Waals surface area contributed by atoms with Gasteiger partial charge in [-0.1, -0.05) is 25.4 Å². The molecule has 2 heterocycles. The summed E-state index contributed by atoms with van der Waals surface area (Å²) in [5, 5.41) is 3.95. The van der Waals surface area contributed by atoms with Crippen LogP contribution in [0.4, 0.5) is 4.39 Å². The molecule has 0 aliphatic carbocycles. The molecule has 168 valence electrons. The van der Waals surface area contributed by atoms with E-state index in [1.54, 1.807) is 24.5 Å². The fourth-order valence-corrected chi connectivity index (χ4v) is 2.92. The minimum Gasteiger partial charge on any atom is -0.370 e. The quantitative estimate of drug-likeness (QED) is 0.329. The lowest BCUT2D eigenvalue weighted by Crippen LogP contribution is -2.56. The summed E-state index contributed by atoms with van der Waals surface area (Å²) in [4.78, 5) is 55.3. The molecule has 0 saturated carbocycles. The largest absolute Gasteiger partial charge is 0.370 e. The highest BCUT2D eigenvalue weighted by molar-refractivity contribution is 6.29. The van der Waals surface area contributed by atoms with E-state index in [4.69, 9.17) is 17.3 Å². The predicted molar refractivity (Wildman–Crippen MR) is 111 cm³/mol. The third-order valence-electron chi connectivity index (χ3n) is 4.28. The van der Waals surface area contributed by atoms with Gasteiger partial charge in [0.05, 0.1) is 18.3 Å². The zero-order valence-electron chi connectivity index (χ0n) is 17.0. The molecule has 0 fully saturated rings. The third kappa shape index (κ3) is 6.92. The minimum absolute atomic E-state index is 0.000291. The van der Waals surface area contributed by atoms with Crippen LogP contribution in [-0.2, 0) is 14.4 Å². The predicted octanol–water partition coefficient (Wildman–Crippen LogP) is 0.977. The van der Waals surface area contributed by atoms with Crippen molar-refractivity contribution in [3.63, 3.8) is 0 Å². The maximum absolute atomic E-state index is 13.3. The van der Waals surface area contributed by atoms with E-state index in [0.717, 1.165) is 5.39 Å². The third-order valence-corrected chi connectivity index (χ3v) is 4.46. The van der Waals surface area contributed by atoms with Crippen molar-refractivity contribution in [2.24, 2.45) is 11.7 Å². The first-order valence-corrected chi connectivity index (χ1v) is 9.94. The monoisotopic (exact) mass is 454 g/mol. The lowest BCUT2D eigenvalue weighted by molar-refractivity contribution is -0.144. The van der Waals surface area contributed by atoms with Gasteiger partial charge in [-0.2, -0.15) is 0 Å².